The Morgan fingerprint density at radius 1 is 1.45 bits per heavy atom. The van der Waals surface area contributed by atoms with E-state index in [1.165, 1.54) is 21.6 Å². The zero-order valence-electron chi connectivity index (χ0n) is 11.4. The Hall–Kier alpha value is -1.92. The first-order valence-electron chi connectivity index (χ1n) is 6.25. The zero-order chi connectivity index (χ0) is 14.5. The van der Waals surface area contributed by atoms with E-state index in [4.69, 9.17) is 4.74 Å². The van der Waals surface area contributed by atoms with E-state index in [0.717, 1.165) is 17.9 Å². The first kappa shape index (κ1) is 14.5. The number of quaternary nitrogens is 1. The summed E-state index contributed by atoms with van der Waals surface area (Å²) in [4.78, 5) is 16.1. The molecule has 0 aliphatic carbocycles. The predicted molar refractivity (Wildman–Crippen MR) is 75.1 cm³/mol. The van der Waals surface area contributed by atoms with Gasteiger partial charge in [0.2, 0.25) is 0 Å². The van der Waals surface area contributed by atoms with Crippen molar-refractivity contribution in [3.05, 3.63) is 35.3 Å². The smallest absolute Gasteiger partial charge is 0.137 e. The van der Waals surface area contributed by atoms with Gasteiger partial charge >= 0.3 is 0 Å². The van der Waals surface area contributed by atoms with Crippen molar-refractivity contribution in [3.8, 4) is 16.3 Å². The van der Waals surface area contributed by atoms with E-state index >= 15 is 0 Å². The van der Waals surface area contributed by atoms with Crippen LogP contribution < -0.4 is 14.7 Å². The van der Waals surface area contributed by atoms with Gasteiger partial charge in [-0.25, -0.2) is 4.98 Å². The van der Waals surface area contributed by atoms with Crippen LogP contribution in [0.3, 0.4) is 0 Å². The van der Waals surface area contributed by atoms with E-state index in [1.54, 1.807) is 0 Å². The van der Waals surface area contributed by atoms with E-state index in [0.29, 0.717) is 11.6 Å². The monoisotopic (exact) mass is 292 g/mol. The molecule has 106 valence electrons. The Bertz CT molecular complexity index is 596. The van der Waals surface area contributed by atoms with Gasteiger partial charge in [-0.15, -0.1) is 11.3 Å². The van der Waals surface area contributed by atoms with E-state index in [1.807, 2.05) is 24.3 Å². The fraction of sp³-hybridized carbons (Fsp3) is 0.286. The summed E-state index contributed by atoms with van der Waals surface area (Å²) in [6.45, 7) is 1.55. The summed E-state index contributed by atoms with van der Waals surface area (Å²) in [6.07, 6.45) is 0. The number of carbonyl (C=O) groups is 1. The minimum Gasteiger partial charge on any atom is -0.543 e. The number of carboxylic acids is 1. The Labute approximate surface area is 121 Å². The fourth-order valence-electron chi connectivity index (χ4n) is 1.59. The molecule has 20 heavy (non-hydrogen) atoms. The molecule has 0 atom stereocenters. The van der Waals surface area contributed by atoms with Crippen LogP contribution in [0.15, 0.2) is 29.6 Å². The SMILES string of the molecule is C[NH+](C)CCOc1cccc(-c2nc(C(=O)[O-])cs2)c1. The van der Waals surface area contributed by atoms with Crippen molar-refractivity contribution in [1.82, 2.24) is 4.98 Å². The molecule has 1 N–H and O–H groups in total. The van der Waals surface area contributed by atoms with Crippen LogP contribution in [-0.2, 0) is 0 Å². The Balaban J connectivity index is 2.10. The highest BCUT2D eigenvalue weighted by Gasteiger charge is 2.06. The molecule has 0 amide bonds. The summed E-state index contributed by atoms with van der Waals surface area (Å²) < 4.78 is 5.66. The van der Waals surface area contributed by atoms with Crippen molar-refractivity contribution in [2.24, 2.45) is 0 Å². The molecule has 0 unspecified atom stereocenters. The summed E-state index contributed by atoms with van der Waals surface area (Å²) in [5.74, 6) is -0.497. The van der Waals surface area contributed by atoms with Crippen LogP contribution in [0.1, 0.15) is 10.5 Å². The molecule has 1 aromatic heterocycles. The van der Waals surface area contributed by atoms with Crippen molar-refractivity contribution in [1.29, 1.82) is 0 Å². The van der Waals surface area contributed by atoms with Crippen molar-refractivity contribution in [2.75, 3.05) is 27.2 Å². The molecule has 0 saturated heterocycles. The number of nitrogens with zero attached hydrogens (tertiary/aromatic N) is 1. The molecule has 2 aromatic rings. The highest BCUT2D eigenvalue weighted by atomic mass is 32.1. The average Bonchev–Trinajstić information content (AvgIpc) is 2.88. The number of thiazole rings is 1. The van der Waals surface area contributed by atoms with E-state index < -0.39 is 5.97 Å². The third-order valence-electron chi connectivity index (χ3n) is 2.67. The Kier molecular flexibility index (Phi) is 4.70. The normalized spacial score (nSPS) is 10.8. The second kappa shape index (κ2) is 6.49. The number of carboxylic acid groups (broad SMARTS) is 1. The van der Waals surface area contributed by atoms with Crippen LogP contribution >= 0.6 is 11.3 Å². The zero-order valence-corrected chi connectivity index (χ0v) is 12.2. The standard InChI is InChI=1S/C14H16N2O3S/c1-16(2)6-7-19-11-5-3-4-10(8-11)13-15-12(9-20-13)14(17)18/h3-5,8-9H,6-7H2,1-2H3,(H,17,18). The molecule has 0 spiro atoms. The lowest BCUT2D eigenvalue weighted by molar-refractivity contribution is -0.858. The largest absolute Gasteiger partial charge is 0.543 e. The molecule has 0 aliphatic heterocycles. The van der Waals surface area contributed by atoms with Crippen LogP contribution in [0, 0.1) is 0 Å². The van der Waals surface area contributed by atoms with Crippen molar-refractivity contribution in [3.63, 3.8) is 0 Å². The molecular weight excluding hydrogens is 276 g/mol. The summed E-state index contributed by atoms with van der Waals surface area (Å²) in [5, 5.41) is 12.8. The van der Waals surface area contributed by atoms with Gasteiger partial charge in [0, 0.05) is 10.9 Å². The molecule has 2 rings (SSSR count). The van der Waals surface area contributed by atoms with Crippen LogP contribution in [0.4, 0.5) is 0 Å². The van der Waals surface area contributed by atoms with Crippen LogP contribution in [0.5, 0.6) is 5.75 Å². The van der Waals surface area contributed by atoms with Gasteiger partial charge in [-0.2, -0.15) is 0 Å². The number of ether oxygens (including phenoxy) is 1. The molecule has 1 heterocycles. The van der Waals surface area contributed by atoms with E-state index in [2.05, 4.69) is 19.1 Å². The molecule has 0 fully saturated rings. The summed E-state index contributed by atoms with van der Waals surface area (Å²) >= 11 is 1.28. The predicted octanol–water partition coefficient (Wildman–Crippen LogP) is -0.303. The molecule has 6 heteroatoms. The minimum atomic E-state index is -1.26. The van der Waals surface area contributed by atoms with E-state index in [9.17, 15) is 9.90 Å². The van der Waals surface area contributed by atoms with Crippen molar-refractivity contribution < 1.29 is 19.5 Å². The first-order chi connectivity index (χ1) is 9.56. The number of aromatic nitrogens is 1. The molecule has 0 saturated carbocycles. The van der Waals surface area contributed by atoms with E-state index in [-0.39, 0.29) is 5.69 Å². The van der Waals surface area contributed by atoms with Gasteiger partial charge in [-0.05, 0) is 12.1 Å². The maximum atomic E-state index is 10.7. The quantitative estimate of drug-likeness (QED) is 0.793. The molecule has 0 bridgehead atoms. The van der Waals surface area contributed by atoms with Crippen molar-refractivity contribution in [2.45, 2.75) is 0 Å². The van der Waals surface area contributed by atoms with Gasteiger partial charge in [-0.3, -0.25) is 0 Å². The van der Waals surface area contributed by atoms with Gasteiger partial charge in [0.05, 0.1) is 25.8 Å². The number of benzene rings is 1. The van der Waals surface area contributed by atoms with Gasteiger partial charge in [0.1, 0.15) is 23.9 Å². The van der Waals surface area contributed by atoms with Crippen LogP contribution in [0.25, 0.3) is 10.6 Å². The number of rotatable bonds is 6. The van der Waals surface area contributed by atoms with Gasteiger partial charge in [-0.1, -0.05) is 12.1 Å². The lowest BCUT2D eigenvalue weighted by atomic mass is 10.2. The fourth-order valence-corrected chi connectivity index (χ4v) is 2.38. The number of hydrogen-bond donors (Lipinski definition) is 1. The third-order valence-corrected chi connectivity index (χ3v) is 3.56. The number of likely N-dealkylation sites (N-methyl/N-ethyl adjacent to an activating group) is 1. The minimum absolute atomic E-state index is 0.0347. The maximum absolute atomic E-state index is 10.7. The third kappa shape index (κ3) is 3.79. The molecular formula is C14H16N2O3S. The maximum Gasteiger partial charge on any atom is 0.137 e. The molecule has 0 radical (unpaired) electrons. The second-order valence-electron chi connectivity index (χ2n) is 4.66. The topological polar surface area (TPSA) is 66.7 Å². The van der Waals surface area contributed by atoms with Crippen molar-refractivity contribution >= 4 is 17.3 Å². The summed E-state index contributed by atoms with van der Waals surface area (Å²) in [6, 6.07) is 7.49. The van der Waals surface area contributed by atoms with Crippen LogP contribution in [0.2, 0.25) is 0 Å². The Morgan fingerprint density at radius 2 is 2.25 bits per heavy atom. The van der Waals surface area contributed by atoms with Gasteiger partial charge < -0.3 is 19.5 Å². The number of nitrogens with one attached hydrogen (secondary N) is 1. The summed E-state index contributed by atoms with van der Waals surface area (Å²) in [7, 11) is 4.13. The number of aromatic carboxylic acids is 1. The number of hydrogen-bond acceptors (Lipinski definition) is 5. The number of carbonyl (C=O) groups excluding carboxylic acids is 1. The Morgan fingerprint density at radius 3 is 2.90 bits per heavy atom. The molecule has 1 aromatic carbocycles. The first-order valence-corrected chi connectivity index (χ1v) is 7.13. The lowest BCUT2D eigenvalue weighted by Crippen LogP contribution is -3.06. The molecule has 5 nitrogen and oxygen atoms in total. The second-order valence-corrected chi connectivity index (χ2v) is 5.52. The van der Waals surface area contributed by atoms with Gasteiger partial charge in [0.15, 0.2) is 0 Å². The highest BCUT2D eigenvalue weighted by Crippen LogP contribution is 2.26. The van der Waals surface area contributed by atoms with Gasteiger partial charge in [0.25, 0.3) is 0 Å². The summed E-state index contributed by atoms with van der Waals surface area (Å²) in [5.41, 5.74) is 0.810. The van der Waals surface area contributed by atoms with Crippen LogP contribution in [-0.4, -0.2) is 38.2 Å². The molecule has 0 aliphatic rings. The highest BCUT2D eigenvalue weighted by molar-refractivity contribution is 7.13. The lowest BCUT2D eigenvalue weighted by Gasteiger charge is -2.09. The average molecular weight is 292 g/mol.